The molecule has 1 aromatic heterocycles. The number of thioether (sulfide) groups is 1. The van der Waals surface area contributed by atoms with Crippen LogP contribution < -0.4 is 0 Å². The van der Waals surface area contributed by atoms with Gasteiger partial charge in [-0.2, -0.15) is 0 Å². The van der Waals surface area contributed by atoms with Gasteiger partial charge >= 0.3 is 0 Å². The number of aromatic nitrogens is 1. The third-order valence-corrected chi connectivity index (χ3v) is 4.93. The second kappa shape index (κ2) is 7.66. The molecule has 0 saturated heterocycles. The van der Waals surface area contributed by atoms with Crippen LogP contribution in [0.4, 0.5) is 4.39 Å². The van der Waals surface area contributed by atoms with Crippen molar-refractivity contribution in [1.82, 2.24) is 9.88 Å². The first-order valence-electron chi connectivity index (χ1n) is 8.01. The summed E-state index contributed by atoms with van der Waals surface area (Å²) in [5.74, 6) is -0.0714. The van der Waals surface area contributed by atoms with Gasteiger partial charge in [0, 0.05) is 24.5 Å². The summed E-state index contributed by atoms with van der Waals surface area (Å²) in [6.07, 6.45) is 0. The summed E-state index contributed by atoms with van der Waals surface area (Å²) in [7, 11) is 1.69. The van der Waals surface area contributed by atoms with Crippen LogP contribution in [0.15, 0.2) is 59.6 Å². The number of rotatable bonds is 5. The number of carbonyl (C=O) groups excluding carboxylic acids is 1. The number of pyridine rings is 1. The highest BCUT2D eigenvalue weighted by molar-refractivity contribution is 7.99. The Kier molecular flexibility index (Phi) is 5.34. The quantitative estimate of drug-likeness (QED) is 0.636. The molecule has 3 rings (SSSR count). The molecule has 0 fully saturated rings. The van der Waals surface area contributed by atoms with Crippen molar-refractivity contribution in [3.05, 3.63) is 71.5 Å². The Morgan fingerprint density at radius 1 is 1.16 bits per heavy atom. The lowest BCUT2D eigenvalue weighted by atomic mass is 10.1. The van der Waals surface area contributed by atoms with E-state index in [0.717, 1.165) is 21.5 Å². The van der Waals surface area contributed by atoms with Crippen molar-refractivity contribution >= 4 is 28.6 Å². The summed E-state index contributed by atoms with van der Waals surface area (Å²) in [5.41, 5.74) is 2.58. The second-order valence-electron chi connectivity index (χ2n) is 5.92. The molecule has 0 aliphatic rings. The normalized spacial score (nSPS) is 10.8. The minimum absolute atomic E-state index is 0.0548. The van der Waals surface area contributed by atoms with E-state index < -0.39 is 0 Å². The van der Waals surface area contributed by atoms with Crippen molar-refractivity contribution in [3.8, 4) is 0 Å². The average molecular weight is 354 g/mol. The van der Waals surface area contributed by atoms with E-state index in [0.29, 0.717) is 5.56 Å². The third kappa shape index (κ3) is 4.17. The SMILES string of the molecule is Cc1cc(SCC(=O)N(C)Cc2ccccc2F)nc2ccccc12. The summed E-state index contributed by atoms with van der Waals surface area (Å²) < 4.78 is 13.7. The molecule has 25 heavy (non-hydrogen) atoms. The Labute approximate surface area is 150 Å². The van der Waals surface area contributed by atoms with Gasteiger partial charge in [-0.15, -0.1) is 0 Å². The summed E-state index contributed by atoms with van der Waals surface area (Å²) in [6.45, 7) is 2.30. The predicted molar refractivity (Wildman–Crippen MR) is 100 cm³/mol. The van der Waals surface area contributed by atoms with Gasteiger partial charge < -0.3 is 4.90 Å². The maximum atomic E-state index is 13.7. The molecule has 0 saturated carbocycles. The number of aryl methyl sites for hydroxylation is 1. The maximum Gasteiger partial charge on any atom is 0.233 e. The van der Waals surface area contributed by atoms with Crippen LogP contribution in [0.1, 0.15) is 11.1 Å². The predicted octanol–water partition coefficient (Wildman–Crippen LogP) is 4.43. The minimum atomic E-state index is -0.290. The van der Waals surface area contributed by atoms with Crippen molar-refractivity contribution in [2.75, 3.05) is 12.8 Å². The van der Waals surface area contributed by atoms with Crippen molar-refractivity contribution in [3.63, 3.8) is 0 Å². The monoisotopic (exact) mass is 354 g/mol. The Hall–Kier alpha value is -2.40. The number of benzene rings is 2. The maximum absolute atomic E-state index is 13.7. The molecule has 128 valence electrons. The standard InChI is InChI=1S/C20H19FN2OS/c1-14-11-19(22-18-10-6-4-8-16(14)18)25-13-20(24)23(2)12-15-7-3-5-9-17(15)21/h3-11H,12-13H2,1-2H3. The topological polar surface area (TPSA) is 33.2 Å². The highest BCUT2D eigenvalue weighted by atomic mass is 32.2. The number of hydrogen-bond acceptors (Lipinski definition) is 3. The summed E-state index contributed by atoms with van der Waals surface area (Å²) >= 11 is 1.40. The molecule has 3 nitrogen and oxygen atoms in total. The fraction of sp³-hybridized carbons (Fsp3) is 0.200. The number of halogens is 1. The Morgan fingerprint density at radius 3 is 2.68 bits per heavy atom. The number of amides is 1. The van der Waals surface area contributed by atoms with Gasteiger partial charge in [-0.05, 0) is 30.7 Å². The molecule has 0 unspecified atom stereocenters. The molecule has 5 heteroatoms. The van der Waals surface area contributed by atoms with Crippen molar-refractivity contribution in [2.24, 2.45) is 0 Å². The van der Waals surface area contributed by atoms with E-state index in [1.165, 1.54) is 17.8 Å². The van der Waals surface area contributed by atoms with Gasteiger partial charge in [-0.3, -0.25) is 4.79 Å². The van der Waals surface area contributed by atoms with E-state index in [1.807, 2.05) is 37.3 Å². The van der Waals surface area contributed by atoms with Gasteiger partial charge in [0.2, 0.25) is 5.91 Å². The van der Waals surface area contributed by atoms with Gasteiger partial charge in [0.1, 0.15) is 5.82 Å². The lowest BCUT2D eigenvalue weighted by Gasteiger charge is -2.17. The molecular weight excluding hydrogens is 335 g/mol. The highest BCUT2D eigenvalue weighted by Gasteiger charge is 2.13. The molecule has 3 aromatic rings. The average Bonchev–Trinajstić information content (AvgIpc) is 2.61. The van der Waals surface area contributed by atoms with Crippen molar-refractivity contribution < 1.29 is 9.18 Å². The van der Waals surface area contributed by atoms with E-state index in [9.17, 15) is 9.18 Å². The molecule has 0 spiro atoms. The smallest absolute Gasteiger partial charge is 0.233 e. The van der Waals surface area contributed by atoms with Gasteiger partial charge in [0.25, 0.3) is 0 Å². The number of para-hydroxylation sites is 1. The molecule has 1 heterocycles. The lowest BCUT2D eigenvalue weighted by Crippen LogP contribution is -2.28. The molecule has 0 atom stereocenters. The fourth-order valence-corrected chi connectivity index (χ4v) is 3.52. The van der Waals surface area contributed by atoms with Crippen LogP contribution in [0.3, 0.4) is 0 Å². The zero-order chi connectivity index (χ0) is 17.8. The van der Waals surface area contributed by atoms with Gasteiger partial charge in [-0.1, -0.05) is 48.2 Å². The first-order valence-corrected chi connectivity index (χ1v) is 8.99. The molecule has 0 radical (unpaired) electrons. The summed E-state index contributed by atoms with van der Waals surface area (Å²) in [5, 5.41) is 1.94. The Bertz CT molecular complexity index is 913. The van der Waals surface area contributed by atoms with Crippen LogP contribution in [0.25, 0.3) is 10.9 Å². The summed E-state index contributed by atoms with van der Waals surface area (Å²) in [6, 6.07) is 16.5. The van der Waals surface area contributed by atoms with E-state index in [1.54, 1.807) is 30.1 Å². The molecule has 0 bridgehead atoms. The molecule has 0 N–H and O–H groups in total. The van der Waals surface area contributed by atoms with Crippen LogP contribution in [-0.4, -0.2) is 28.6 Å². The first kappa shape index (κ1) is 17.4. The van der Waals surface area contributed by atoms with Crippen molar-refractivity contribution in [2.45, 2.75) is 18.5 Å². The Morgan fingerprint density at radius 2 is 1.88 bits per heavy atom. The lowest BCUT2D eigenvalue weighted by molar-refractivity contribution is -0.127. The molecule has 2 aromatic carbocycles. The molecule has 0 aliphatic carbocycles. The van der Waals surface area contributed by atoms with E-state index in [4.69, 9.17) is 0 Å². The van der Waals surface area contributed by atoms with Gasteiger partial charge in [0.15, 0.2) is 0 Å². The van der Waals surface area contributed by atoms with E-state index in [2.05, 4.69) is 4.98 Å². The Balaban J connectivity index is 1.65. The molecule has 0 aliphatic heterocycles. The van der Waals surface area contributed by atoms with Gasteiger partial charge in [0.05, 0.1) is 16.3 Å². The van der Waals surface area contributed by atoms with E-state index in [-0.39, 0.29) is 24.0 Å². The van der Waals surface area contributed by atoms with E-state index >= 15 is 0 Å². The molecule has 1 amide bonds. The van der Waals surface area contributed by atoms with Gasteiger partial charge in [-0.25, -0.2) is 9.37 Å². The highest BCUT2D eigenvalue weighted by Crippen LogP contribution is 2.23. The van der Waals surface area contributed by atoms with Crippen LogP contribution in [-0.2, 0) is 11.3 Å². The zero-order valence-corrected chi connectivity index (χ0v) is 15.0. The second-order valence-corrected chi connectivity index (χ2v) is 6.92. The first-order chi connectivity index (χ1) is 12.0. The summed E-state index contributed by atoms with van der Waals surface area (Å²) in [4.78, 5) is 18.5. The number of nitrogens with zero attached hydrogens (tertiary/aromatic N) is 2. The van der Waals surface area contributed by atoms with Crippen LogP contribution >= 0.6 is 11.8 Å². The van der Waals surface area contributed by atoms with Crippen molar-refractivity contribution in [1.29, 1.82) is 0 Å². The minimum Gasteiger partial charge on any atom is -0.341 e. The molecular formula is C20H19FN2OS. The fourth-order valence-electron chi connectivity index (χ4n) is 2.61. The van der Waals surface area contributed by atoms with Crippen LogP contribution in [0, 0.1) is 12.7 Å². The van der Waals surface area contributed by atoms with Crippen LogP contribution in [0.2, 0.25) is 0 Å². The number of carbonyl (C=O) groups is 1. The number of hydrogen-bond donors (Lipinski definition) is 0. The van der Waals surface area contributed by atoms with Crippen LogP contribution in [0.5, 0.6) is 0 Å². The third-order valence-electron chi connectivity index (χ3n) is 4.03. The largest absolute Gasteiger partial charge is 0.341 e. The number of fused-ring (bicyclic) bond motifs is 1. The zero-order valence-electron chi connectivity index (χ0n) is 14.2.